The van der Waals surface area contributed by atoms with E-state index in [2.05, 4.69) is 30.3 Å². The zero-order valence-electron chi connectivity index (χ0n) is 17.8. The van der Waals surface area contributed by atoms with E-state index in [0.29, 0.717) is 25.9 Å². The lowest BCUT2D eigenvalue weighted by Crippen LogP contribution is -2.58. The van der Waals surface area contributed by atoms with Crippen molar-refractivity contribution in [3.05, 3.63) is 60.2 Å². The number of sulfone groups is 1. The van der Waals surface area contributed by atoms with Crippen LogP contribution in [0, 0.1) is 0 Å². The van der Waals surface area contributed by atoms with Gasteiger partial charge in [-0.3, -0.25) is 4.79 Å². The molecule has 1 aliphatic heterocycles. The van der Waals surface area contributed by atoms with Gasteiger partial charge in [0, 0.05) is 19.5 Å². The molecule has 0 aromatic heterocycles. The Morgan fingerprint density at radius 2 is 1.42 bits per heavy atom. The lowest BCUT2D eigenvalue weighted by Gasteiger charge is -2.41. The molecule has 1 amide bonds. The van der Waals surface area contributed by atoms with Crippen molar-refractivity contribution in [1.29, 1.82) is 0 Å². The maximum atomic E-state index is 12.9. The summed E-state index contributed by atoms with van der Waals surface area (Å²) in [4.78, 5) is 14.6. The van der Waals surface area contributed by atoms with E-state index in [1.807, 2.05) is 24.3 Å². The van der Waals surface area contributed by atoms with Crippen LogP contribution >= 0.6 is 0 Å². The lowest BCUT2D eigenvalue weighted by molar-refractivity contribution is -0.134. The maximum absolute atomic E-state index is 12.9. The Hall–Kier alpha value is -2.40. The molecule has 1 saturated carbocycles. The van der Waals surface area contributed by atoms with Crippen LogP contribution in [0.4, 0.5) is 0 Å². The molecular weight excluding hydrogens is 406 g/mol. The number of benzene rings is 3. The molecule has 3 aromatic rings. The lowest BCUT2D eigenvalue weighted by atomic mass is 9.93. The number of rotatable bonds is 5. The minimum absolute atomic E-state index is 0.0621. The molecule has 2 aliphatic rings. The molecule has 1 aliphatic carbocycles. The molecule has 0 N–H and O–H groups in total. The van der Waals surface area contributed by atoms with Crippen LogP contribution in [-0.2, 0) is 21.1 Å². The van der Waals surface area contributed by atoms with Gasteiger partial charge in [-0.25, -0.2) is 8.42 Å². The van der Waals surface area contributed by atoms with E-state index in [-0.39, 0.29) is 16.4 Å². The summed E-state index contributed by atoms with van der Waals surface area (Å²) in [5.41, 5.74) is 1.20. The largest absolute Gasteiger partial charge is 0.340 e. The SMILES string of the molecule is O=C(CCc1c2ccccc2cc2ccccc12)N1CC(S(=O)(=O)C2CCCCC2)C1. The Kier molecular flexibility index (Phi) is 5.47. The quantitative estimate of drug-likeness (QED) is 0.537. The third-order valence-electron chi connectivity index (χ3n) is 7.15. The molecule has 162 valence electrons. The molecule has 1 saturated heterocycles. The van der Waals surface area contributed by atoms with E-state index in [1.54, 1.807) is 4.90 Å². The molecule has 5 heteroatoms. The first-order chi connectivity index (χ1) is 15.0. The molecule has 1 heterocycles. The summed E-state index contributed by atoms with van der Waals surface area (Å²) >= 11 is 0. The number of carbonyl (C=O) groups excluding carboxylic acids is 1. The summed E-state index contributed by atoms with van der Waals surface area (Å²) in [6.45, 7) is 0.738. The molecule has 0 radical (unpaired) electrons. The summed E-state index contributed by atoms with van der Waals surface area (Å²) in [5, 5.41) is 4.20. The average Bonchev–Trinajstić information content (AvgIpc) is 2.76. The van der Waals surface area contributed by atoms with E-state index in [9.17, 15) is 13.2 Å². The van der Waals surface area contributed by atoms with E-state index in [1.165, 1.54) is 27.1 Å². The van der Waals surface area contributed by atoms with Gasteiger partial charge in [-0.05, 0) is 52.4 Å². The normalized spacial score (nSPS) is 18.4. The van der Waals surface area contributed by atoms with Gasteiger partial charge in [0.05, 0.1) is 10.5 Å². The van der Waals surface area contributed by atoms with Gasteiger partial charge in [0.15, 0.2) is 9.84 Å². The number of fused-ring (bicyclic) bond motifs is 2. The number of carbonyl (C=O) groups is 1. The van der Waals surface area contributed by atoms with Crippen molar-refractivity contribution >= 4 is 37.3 Å². The zero-order chi connectivity index (χ0) is 21.4. The summed E-state index contributed by atoms with van der Waals surface area (Å²) in [7, 11) is -3.11. The number of likely N-dealkylation sites (tertiary alicyclic amines) is 1. The average molecular weight is 436 g/mol. The summed E-state index contributed by atoms with van der Waals surface area (Å²) in [6.07, 6.45) is 5.83. The fraction of sp³-hybridized carbons (Fsp3) is 0.423. The van der Waals surface area contributed by atoms with Crippen molar-refractivity contribution in [1.82, 2.24) is 4.90 Å². The third kappa shape index (κ3) is 3.84. The summed E-state index contributed by atoms with van der Waals surface area (Å²) < 4.78 is 25.7. The van der Waals surface area contributed by atoms with Gasteiger partial charge in [-0.2, -0.15) is 0 Å². The molecule has 0 bridgehead atoms. The van der Waals surface area contributed by atoms with Crippen molar-refractivity contribution in [2.75, 3.05) is 13.1 Å². The highest BCUT2D eigenvalue weighted by atomic mass is 32.2. The number of amides is 1. The van der Waals surface area contributed by atoms with Crippen LogP contribution in [0.1, 0.15) is 44.1 Å². The van der Waals surface area contributed by atoms with E-state index in [4.69, 9.17) is 0 Å². The molecular formula is C26H29NO3S. The van der Waals surface area contributed by atoms with Crippen LogP contribution in [0.25, 0.3) is 21.5 Å². The maximum Gasteiger partial charge on any atom is 0.222 e. The van der Waals surface area contributed by atoms with Gasteiger partial charge in [-0.1, -0.05) is 67.8 Å². The topological polar surface area (TPSA) is 54.5 Å². The Labute approximate surface area is 184 Å². The molecule has 2 fully saturated rings. The zero-order valence-corrected chi connectivity index (χ0v) is 18.6. The fourth-order valence-electron chi connectivity index (χ4n) is 5.28. The number of nitrogens with zero attached hydrogens (tertiary/aromatic N) is 1. The summed E-state index contributed by atoms with van der Waals surface area (Å²) in [5.74, 6) is 0.0621. The third-order valence-corrected chi connectivity index (χ3v) is 9.78. The number of hydrogen-bond donors (Lipinski definition) is 0. The minimum Gasteiger partial charge on any atom is -0.340 e. The van der Waals surface area contributed by atoms with Crippen molar-refractivity contribution in [2.45, 2.75) is 55.4 Å². The van der Waals surface area contributed by atoms with E-state index < -0.39 is 9.84 Å². The summed E-state index contributed by atoms with van der Waals surface area (Å²) in [6, 6.07) is 18.8. The second-order valence-electron chi connectivity index (χ2n) is 9.07. The van der Waals surface area contributed by atoms with Crippen molar-refractivity contribution in [3.63, 3.8) is 0 Å². The number of aryl methyl sites for hydroxylation is 1. The van der Waals surface area contributed by atoms with Crippen LogP contribution in [-0.4, -0.2) is 42.8 Å². The van der Waals surface area contributed by atoms with Gasteiger partial charge in [-0.15, -0.1) is 0 Å². The molecule has 4 nitrogen and oxygen atoms in total. The molecule has 0 unspecified atom stereocenters. The van der Waals surface area contributed by atoms with E-state index >= 15 is 0 Å². The van der Waals surface area contributed by atoms with Crippen LogP contribution in [0.15, 0.2) is 54.6 Å². The van der Waals surface area contributed by atoms with Crippen LogP contribution in [0.3, 0.4) is 0 Å². The highest BCUT2D eigenvalue weighted by Gasteiger charge is 2.43. The predicted molar refractivity (Wildman–Crippen MR) is 126 cm³/mol. The van der Waals surface area contributed by atoms with Crippen molar-refractivity contribution in [2.24, 2.45) is 0 Å². The van der Waals surface area contributed by atoms with Gasteiger partial charge in [0.25, 0.3) is 0 Å². The van der Waals surface area contributed by atoms with Crippen LogP contribution in [0.5, 0.6) is 0 Å². The Balaban J connectivity index is 1.28. The minimum atomic E-state index is -3.11. The molecule has 31 heavy (non-hydrogen) atoms. The number of hydrogen-bond acceptors (Lipinski definition) is 3. The van der Waals surface area contributed by atoms with E-state index in [0.717, 1.165) is 32.1 Å². The Bertz CT molecular complexity index is 1170. The predicted octanol–water partition coefficient (Wildman–Crippen LogP) is 4.88. The Morgan fingerprint density at radius 3 is 2.03 bits per heavy atom. The van der Waals surface area contributed by atoms with Crippen molar-refractivity contribution in [3.8, 4) is 0 Å². The van der Waals surface area contributed by atoms with Crippen LogP contribution < -0.4 is 0 Å². The van der Waals surface area contributed by atoms with Gasteiger partial charge in [0.2, 0.25) is 5.91 Å². The monoisotopic (exact) mass is 435 g/mol. The van der Waals surface area contributed by atoms with Gasteiger partial charge >= 0.3 is 0 Å². The molecule has 5 rings (SSSR count). The van der Waals surface area contributed by atoms with Gasteiger partial charge < -0.3 is 4.90 Å². The molecule has 0 spiro atoms. The van der Waals surface area contributed by atoms with Crippen molar-refractivity contribution < 1.29 is 13.2 Å². The molecule has 3 aromatic carbocycles. The Morgan fingerprint density at radius 1 is 0.839 bits per heavy atom. The molecule has 0 atom stereocenters. The second kappa shape index (κ2) is 8.27. The highest BCUT2D eigenvalue weighted by molar-refractivity contribution is 7.92. The first-order valence-corrected chi connectivity index (χ1v) is 13.0. The highest BCUT2D eigenvalue weighted by Crippen LogP contribution is 2.32. The van der Waals surface area contributed by atoms with Crippen LogP contribution in [0.2, 0.25) is 0 Å². The van der Waals surface area contributed by atoms with Gasteiger partial charge in [0.1, 0.15) is 0 Å². The first kappa shape index (κ1) is 20.5. The fourth-order valence-corrected chi connectivity index (χ4v) is 7.59. The smallest absolute Gasteiger partial charge is 0.222 e. The standard InChI is InChI=1S/C26H29NO3S/c28-26(27-17-22(18-27)31(29,30)21-10-2-1-3-11-21)15-14-25-23-12-6-4-8-19(23)16-20-9-5-7-13-24(20)25/h4-9,12-13,16,21-22H,1-3,10-11,14-15,17-18H2. The second-order valence-corrected chi connectivity index (χ2v) is 11.6. The first-order valence-electron chi connectivity index (χ1n) is 11.4.